The highest BCUT2D eigenvalue weighted by molar-refractivity contribution is 7.17. The Morgan fingerprint density at radius 2 is 2.20 bits per heavy atom. The molecule has 1 saturated heterocycles. The molecule has 3 rings (SSSR count). The number of nitrogens with zero attached hydrogens (tertiary/aromatic N) is 1. The lowest BCUT2D eigenvalue weighted by molar-refractivity contribution is 0.229. The molecule has 1 fully saturated rings. The summed E-state index contributed by atoms with van der Waals surface area (Å²) >= 11 is 1.89. The molecule has 0 aliphatic carbocycles. The van der Waals surface area contributed by atoms with Gasteiger partial charge in [-0.2, -0.15) is 0 Å². The second-order valence-corrected chi connectivity index (χ2v) is 6.69. The molecule has 3 heteroatoms. The highest BCUT2D eigenvalue weighted by Crippen LogP contribution is 2.42. The van der Waals surface area contributed by atoms with Crippen LogP contribution in [0.15, 0.2) is 29.6 Å². The van der Waals surface area contributed by atoms with E-state index in [9.17, 15) is 0 Å². The van der Waals surface area contributed by atoms with Crippen molar-refractivity contribution in [2.24, 2.45) is 5.92 Å². The van der Waals surface area contributed by atoms with Gasteiger partial charge in [0.1, 0.15) is 0 Å². The first-order chi connectivity index (χ1) is 9.85. The quantitative estimate of drug-likeness (QED) is 0.898. The maximum absolute atomic E-state index is 3.39. The van der Waals surface area contributed by atoms with Gasteiger partial charge in [0.15, 0.2) is 0 Å². The summed E-state index contributed by atoms with van der Waals surface area (Å²) in [6.45, 7) is 5.87. The van der Waals surface area contributed by atoms with E-state index in [1.807, 2.05) is 11.3 Å². The maximum atomic E-state index is 3.39. The number of likely N-dealkylation sites (tertiary alicyclic amines) is 1. The smallest absolute Gasteiger partial charge is 0.0403 e. The van der Waals surface area contributed by atoms with Crippen LogP contribution in [-0.2, 0) is 0 Å². The van der Waals surface area contributed by atoms with E-state index in [1.165, 1.54) is 36.0 Å². The zero-order chi connectivity index (χ0) is 13.9. The number of nitrogens with one attached hydrogen (secondary N) is 1. The van der Waals surface area contributed by atoms with E-state index in [4.69, 9.17) is 0 Å². The van der Waals surface area contributed by atoms with E-state index in [-0.39, 0.29) is 0 Å². The van der Waals surface area contributed by atoms with Crippen molar-refractivity contribution in [3.8, 4) is 0 Å². The van der Waals surface area contributed by atoms with Crippen molar-refractivity contribution < 1.29 is 0 Å². The van der Waals surface area contributed by atoms with Crippen LogP contribution in [0.1, 0.15) is 31.4 Å². The van der Waals surface area contributed by atoms with Gasteiger partial charge in [-0.25, -0.2) is 0 Å². The largest absolute Gasteiger partial charge is 0.319 e. The number of thiophene rings is 1. The lowest BCUT2D eigenvalue weighted by Gasteiger charge is -2.28. The summed E-state index contributed by atoms with van der Waals surface area (Å²) in [4.78, 5) is 2.69. The molecule has 1 aliphatic rings. The molecule has 0 amide bonds. The van der Waals surface area contributed by atoms with Gasteiger partial charge in [-0.05, 0) is 67.8 Å². The molecule has 20 heavy (non-hydrogen) atoms. The molecule has 2 atom stereocenters. The molecule has 0 spiro atoms. The Hall–Kier alpha value is -0.900. The third-order valence-corrected chi connectivity index (χ3v) is 5.42. The fourth-order valence-corrected chi connectivity index (χ4v) is 4.61. The van der Waals surface area contributed by atoms with Crippen molar-refractivity contribution in [3.05, 3.63) is 35.2 Å². The van der Waals surface area contributed by atoms with Gasteiger partial charge in [0, 0.05) is 10.7 Å². The first-order valence-electron chi connectivity index (χ1n) is 7.70. The maximum Gasteiger partial charge on any atom is 0.0403 e. The second kappa shape index (κ2) is 6.25. The summed E-state index contributed by atoms with van der Waals surface area (Å²) in [5, 5.41) is 7.25. The number of benzene rings is 1. The number of rotatable bonds is 5. The molecule has 0 bridgehead atoms. The van der Waals surface area contributed by atoms with Crippen molar-refractivity contribution in [2.45, 2.75) is 25.8 Å². The van der Waals surface area contributed by atoms with E-state index in [2.05, 4.69) is 53.8 Å². The van der Waals surface area contributed by atoms with E-state index >= 15 is 0 Å². The molecule has 0 radical (unpaired) electrons. The van der Waals surface area contributed by atoms with Gasteiger partial charge >= 0.3 is 0 Å². The third kappa shape index (κ3) is 2.50. The first-order valence-corrected chi connectivity index (χ1v) is 8.58. The molecule has 2 nitrogen and oxygen atoms in total. The predicted octanol–water partition coefficient (Wildman–Crippen LogP) is 3.89. The molecule has 108 valence electrons. The summed E-state index contributed by atoms with van der Waals surface area (Å²) in [5.41, 5.74) is 1.55. The van der Waals surface area contributed by atoms with Crippen LogP contribution in [0.4, 0.5) is 0 Å². The van der Waals surface area contributed by atoms with Gasteiger partial charge < -0.3 is 5.32 Å². The fourth-order valence-electron chi connectivity index (χ4n) is 3.62. The van der Waals surface area contributed by atoms with E-state index in [1.54, 1.807) is 5.56 Å². The van der Waals surface area contributed by atoms with Crippen LogP contribution >= 0.6 is 11.3 Å². The molecule has 2 aromatic rings. The first kappa shape index (κ1) is 14.1. The SMILES string of the molecule is CCCN1CCC(CNC)C1c1csc2ccccc12. The van der Waals surface area contributed by atoms with Crippen LogP contribution in [0.25, 0.3) is 10.1 Å². The Bertz CT molecular complexity index is 549. The molecule has 1 aromatic heterocycles. The van der Waals surface area contributed by atoms with Crippen molar-refractivity contribution in [2.75, 3.05) is 26.7 Å². The molecule has 2 unspecified atom stereocenters. The molecule has 1 aliphatic heterocycles. The Balaban J connectivity index is 1.98. The van der Waals surface area contributed by atoms with Crippen LogP contribution in [0, 0.1) is 5.92 Å². The van der Waals surface area contributed by atoms with Crippen LogP contribution in [0.2, 0.25) is 0 Å². The average Bonchev–Trinajstić information content (AvgIpc) is 3.04. The zero-order valence-corrected chi connectivity index (χ0v) is 13.2. The van der Waals surface area contributed by atoms with E-state index < -0.39 is 0 Å². The van der Waals surface area contributed by atoms with Gasteiger partial charge in [-0.15, -0.1) is 11.3 Å². The van der Waals surface area contributed by atoms with Gasteiger partial charge in [0.05, 0.1) is 0 Å². The van der Waals surface area contributed by atoms with Crippen LogP contribution in [0.5, 0.6) is 0 Å². The summed E-state index contributed by atoms with van der Waals surface area (Å²) in [5.74, 6) is 0.740. The minimum atomic E-state index is 0.596. The van der Waals surface area contributed by atoms with Crippen molar-refractivity contribution >= 4 is 21.4 Å². The van der Waals surface area contributed by atoms with Crippen LogP contribution in [-0.4, -0.2) is 31.6 Å². The summed E-state index contributed by atoms with van der Waals surface area (Å²) in [7, 11) is 2.07. The second-order valence-electron chi connectivity index (χ2n) is 5.77. The lowest BCUT2D eigenvalue weighted by atomic mass is 9.93. The minimum absolute atomic E-state index is 0.596. The molecule has 1 N–H and O–H groups in total. The molecule has 2 heterocycles. The van der Waals surface area contributed by atoms with Gasteiger partial charge in [-0.1, -0.05) is 25.1 Å². The summed E-state index contributed by atoms with van der Waals surface area (Å²) < 4.78 is 1.43. The monoisotopic (exact) mass is 288 g/mol. The van der Waals surface area contributed by atoms with Crippen molar-refractivity contribution in [1.82, 2.24) is 10.2 Å². The molecule has 1 aromatic carbocycles. The molecular weight excluding hydrogens is 264 g/mol. The van der Waals surface area contributed by atoms with Crippen molar-refractivity contribution in [3.63, 3.8) is 0 Å². The van der Waals surface area contributed by atoms with Crippen molar-refractivity contribution in [1.29, 1.82) is 0 Å². The Morgan fingerprint density at radius 1 is 1.35 bits per heavy atom. The highest BCUT2D eigenvalue weighted by atomic mass is 32.1. The Morgan fingerprint density at radius 3 is 3.00 bits per heavy atom. The van der Waals surface area contributed by atoms with E-state index in [0.29, 0.717) is 6.04 Å². The standard InChI is InChI=1S/C17H24N2S/c1-3-9-19-10-8-13(11-18-2)17(19)15-12-20-16-7-5-4-6-14(15)16/h4-7,12-13,17-18H,3,8-11H2,1-2H3. The van der Waals surface area contributed by atoms with Crippen LogP contribution in [0.3, 0.4) is 0 Å². The Labute approximate surface area is 125 Å². The highest BCUT2D eigenvalue weighted by Gasteiger charge is 2.35. The topological polar surface area (TPSA) is 15.3 Å². The number of fused-ring (bicyclic) bond motifs is 1. The summed E-state index contributed by atoms with van der Waals surface area (Å²) in [6, 6.07) is 9.45. The predicted molar refractivity (Wildman–Crippen MR) is 88.5 cm³/mol. The van der Waals surface area contributed by atoms with Gasteiger partial charge in [-0.3, -0.25) is 4.90 Å². The third-order valence-electron chi connectivity index (χ3n) is 4.43. The lowest BCUT2D eigenvalue weighted by Crippen LogP contribution is -2.29. The Kier molecular flexibility index (Phi) is 4.39. The fraction of sp³-hybridized carbons (Fsp3) is 0.529. The van der Waals surface area contributed by atoms with E-state index in [0.717, 1.165) is 12.5 Å². The molecule has 0 saturated carbocycles. The summed E-state index contributed by atoms with van der Waals surface area (Å²) in [6.07, 6.45) is 2.56. The zero-order valence-electron chi connectivity index (χ0n) is 12.4. The average molecular weight is 288 g/mol. The van der Waals surface area contributed by atoms with Gasteiger partial charge in [0.25, 0.3) is 0 Å². The number of hydrogen-bond donors (Lipinski definition) is 1. The van der Waals surface area contributed by atoms with Gasteiger partial charge in [0.2, 0.25) is 0 Å². The number of hydrogen-bond acceptors (Lipinski definition) is 3. The minimum Gasteiger partial charge on any atom is -0.319 e. The normalized spacial score (nSPS) is 23.7. The van der Waals surface area contributed by atoms with Crippen LogP contribution < -0.4 is 5.32 Å². The molecular formula is C17H24N2S.